The number of aromatic nitrogens is 3. The summed E-state index contributed by atoms with van der Waals surface area (Å²) in [5.74, 6) is -0.376. The molecule has 2 aromatic heterocycles. The van der Waals surface area contributed by atoms with Crippen molar-refractivity contribution in [2.75, 3.05) is 5.32 Å². The standard InChI is InChI=1S/C26H20N4O2/c1-2-30-26(32)19-13-7-6-12-18(19)24(29-30)25(31)28-23-16-22(17-10-4-3-5-11-17)27-21-15-9-8-14-20(21)23/h3-16H,2H2,1H3,(H,27,28,31). The number of para-hydroxylation sites is 1. The van der Waals surface area contributed by atoms with Gasteiger partial charge in [0.1, 0.15) is 0 Å². The lowest BCUT2D eigenvalue weighted by molar-refractivity contribution is 0.102. The Labute approximate surface area is 184 Å². The Hall–Kier alpha value is -4.32. The molecule has 0 unspecified atom stereocenters. The molecule has 3 aromatic carbocycles. The number of benzene rings is 3. The zero-order valence-electron chi connectivity index (χ0n) is 17.4. The number of carbonyl (C=O) groups is 1. The van der Waals surface area contributed by atoms with Gasteiger partial charge in [-0.3, -0.25) is 9.59 Å². The fourth-order valence-corrected chi connectivity index (χ4v) is 3.83. The molecule has 32 heavy (non-hydrogen) atoms. The lowest BCUT2D eigenvalue weighted by Crippen LogP contribution is -2.27. The van der Waals surface area contributed by atoms with Crippen LogP contribution >= 0.6 is 0 Å². The average molecular weight is 420 g/mol. The van der Waals surface area contributed by atoms with Gasteiger partial charge in [0.05, 0.1) is 22.3 Å². The van der Waals surface area contributed by atoms with Gasteiger partial charge in [-0.2, -0.15) is 5.10 Å². The largest absolute Gasteiger partial charge is 0.320 e. The zero-order valence-corrected chi connectivity index (χ0v) is 17.4. The van der Waals surface area contributed by atoms with Gasteiger partial charge in [0.25, 0.3) is 11.5 Å². The van der Waals surface area contributed by atoms with Crippen LogP contribution in [0.15, 0.2) is 89.7 Å². The number of hydrogen-bond acceptors (Lipinski definition) is 4. The Morgan fingerprint density at radius 2 is 1.53 bits per heavy atom. The van der Waals surface area contributed by atoms with Crippen molar-refractivity contribution in [3.05, 3.63) is 101 Å². The summed E-state index contributed by atoms with van der Waals surface area (Å²) in [5.41, 5.74) is 3.14. The molecule has 1 N–H and O–H groups in total. The lowest BCUT2D eigenvalue weighted by Gasteiger charge is -2.13. The van der Waals surface area contributed by atoms with Crippen LogP contribution in [0.1, 0.15) is 17.4 Å². The van der Waals surface area contributed by atoms with E-state index in [1.165, 1.54) is 4.68 Å². The van der Waals surface area contributed by atoms with Crippen LogP contribution in [0.25, 0.3) is 32.9 Å². The minimum atomic E-state index is -0.376. The van der Waals surface area contributed by atoms with E-state index in [-0.39, 0.29) is 17.2 Å². The first-order valence-corrected chi connectivity index (χ1v) is 10.4. The molecule has 0 saturated carbocycles. The van der Waals surface area contributed by atoms with Crippen molar-refractivity contribution in [1.82, 2.24) is 14.8 Å². The summed E-state index contributed by atoms with van der Waals surface area (Å²) < 4.78 is 1.32. The van der Waals surface area contributed by atoms with Gasteiger partial charge in [-0.25, -0.2) is 9.67 Å². The van der Waals surface area contributed by atoms with Crippen LogP contribution in [0.3, 0.4) is 0 Å². The Morgan fingerprint density at radius 1 is 0.875 bits per heavy atom. The molecular weight excluding hydrogens is 400 g/mol. The van der Waals surface area contributed by atoms with Crippen molar-refractivity contribution in [1.29, 1.82) is 0 Å². The van der Waals surface area contributed by atoms with Crippen molar-refractivity contribution in [3.63, 3.8) is 0 Å². The van der Waals surface area contributed by atoms with E-state index in [9.17, 15) is 9.59 Å². The van der Waals surface area contributed by atoms with Crippen LogP contribution in [0.5, 0.6) is 0 Å². The van der Waals surface area contributed by atoms with Gasteiger partial charge in [0.15, 0.2) is 5.69 Å². The maximum absolute atomic E-state index is 13.4. The zero-order chi connectivity index (χ0) is 22.1. The van der Waals surface area contributed by atoms with Gasteiger partial charge in [-0.15, -0.1) is 0 Å². The molecule has 0 saturated heterocycles. The number of nitrogens with zero attached hydrogens (tertiary/aromatic N) is 3. The summed E-state index contributed by atoms with van der Waals surface area (Å²) in [6.07, 6.45) is 0. The first kappa shape index (κ1) is 19.6. The summed E-state index contributed by atoms with van der Waals surface area (Å²) >= 11 is 0. The number of hydrogen-bond donors (Lipinski definition) is 1. The lowest BCUT2D eigenvalue weighted by atomic mass is 10.1. The Morgan fingerprint density at radius 3 is 2.28 bits per heavy atom. The quantitative estimate of drug-likeness (QED) is 0.449. The van der Waals surface area contributed by atoms with Crippen LogP contribution in [0.4, 0.5) is 5.69 Å². The maximum Gasteiger partial charge on any atom is 0.276 e. The van der Waals surface area contributed by atoms with Crippen LogP contribution in [0.2, 0.25) is 0 Å². The van der Waals surface area contributed by atoms with Gasteiger partial charge in [0, 0.05) is 22.9 Å². The maximum atomic E-state index is 13.4. The van der Waals surface area contributed by atoms with Crippen molar-refractivity contribution < 1.29 is 4.79 Å². The topological polar surface area (TPSA) is 76.9 Å². The molecule has 0 radical (unpaired) electrons. The fraction of sp³-hybridized carbons (Fsp3) is 0.0769. The SMILES string of the molecule is CCn1nc(C(=O)Nc2cc(-c3ccccc3)nc3ccccc23)c2ccccc2c1=O. The minimum Gasteiger partial charge on any atom is -0.320 e. The van der Waals surface area contributed by atoms with E-state index in [1.54, 1.807) is 24.3 Å². The van der Waals surface area contributed by atoms with Gasteiger partial charge in [-0.05, 0) is 25.1 Å². The molecular formula is C26H20N4O2. The second-order valence-corrected chi connectivity index (χ2v) is 7.41. The van der Waals surface area contributed by atoms with E-state index in [0.717, 1.165) is 22.2 Å². The summed E-state index contributed by atoms with van der Waals surface area (Å²) in [6.45, 7) is 2.20. The number of rotatable bonds is 4. The monoisotopic (exact) mass is 420 g/mol. The number of aryl methyl sites for hydroxylation is 1. The predicted octanol–water partition coefficient (Wildman–Crippen LogP) is 4.88. The van der Waals surface area contributed by atoms with Gasteiger partial charge >= 0.3 is 0 Å². The number of amides is 1. The molecule has 1 amide bonds. The molecule has 0 fully saturated rings. The van der Waals surface area contributed by atoms with E-state index in [1.807, 2.05) is 67.6 Å². The highest BCUT2D eigenvalue weighted by Gasteiger charge is 2.18. The van der Waals surface area contributed by atoms with Crippen LogP contribution in [-0.4, -0.2) is 20.7 Å². The smallest absolute Gasteiger partial charge is 0.276 e. The molecule has 5 aromatic rings. The third-order valence-electron chi connectivity index (χ3n) is 5.42. The van der Waals surface area contributed by atoms with Crippen LogP contribution < -0.4 is 10.9 Å². The summed E-state index contributed by atoms with van der Waals surface area (Å²) in [6, 6.07) is 26.4. The predicted molar refractivity (Wildman–Crippen MR) is 127 cm³/mol. The summed E-state index contributed by atoms with van der Waals surface area (Å²) in [5, 5.41) is 9.20. The van der Waals surface area contributed by atoms with E-state index < -0.39 is 0 Å². The summed E-state index contributed by atoms with van der Waals surface area (Å²) in [7, 11) is 0. The number of anilines is 1. The summed E-state index contributed by atoms with van der Waals surface area (Å²) in [4.78, 5) is 30.8. The Balaban J connectivity index is 1.65. The highest BCUT2D eigenvalue weighted by atomic mass is 16.2. The normalized spacial score (nSPS) is 11.0. The van der Waals surface area contributed by atoms with Crippen LogP contribution in [0, 0.1) is 0 Å². The van der Waals surface area contributed by atoms with Crippen molar-refractivity contribution in [2.24, 2.45) is 0 Å². The van der Waals surface area contributed by atoms with Gasteiger partial charge in [-0.1, -0.05) is 66.7 Å². The van der Waals surface area contributed by atoms with Gasteiger partial charge in [0.2, 0.25) is 0 Å². The minimum absolute atomic E-state index is 0.208. The number of fused-ring (bicyclic) bond motifs is 2. The molecule has 0 atom stereocenters. The first-order chi connectivity index (χ1) is 15.7. The molecule has 0 spiro atoms. The average Bonchev–Trinajstić information content (AvgIpc) is 2.85. The molecule has 0 aliphatic heterocycles. The van der Waals surface area contributed by atoms with E-state index in [4.69, 9.17) is 4.98 Å². The molecule has 156 valence electrons. The van der Waals surface area contributed by atoms with Crippen molar-refractivity contribution >= 4 is 33.3 Å². The third kappa shape index (κ3) is 3.41. The Bertz CT molecular complexity index is 1520. The second-order valence-electron chi connectivity index (χ2n) is 7.41. The molecule has 0 bridgehead atoms. The molecule has 0 aliphatic rings. The molecule has 6 heteroatoms. The molecule has 2 heterocycles. The molecule has 6 nitrogen and oxygen atoms in total. The number of pyridine rings is 1. The third-order valence-corrected chi connectivity index (χ3v) is 5.42. The number of nitrogens with one attached hydrogen (secondary N) is 1. The second kappa shape index (κ2) is 8.07. The van der Waals surface area contributed by atoms with E-state index in [2.05, 4.69) is 10.4 Å². The first-order valence-electron chi connectivity index (χ1n) is 10.4. The number of carbonyl (C=O) groups excluding carboxylic acids is 1. The Kier molecular flexibility index (Phi) is 4.95. The molecule has 0 aliphatic carbocycles. The van der Waals surface area contributed by atoms with Crippen molar-refractivity contribution in [3.8, 4) is 11.3 Å². The molecule has 5 rings (SSSR count). The highest BCUT2D eigenvalue weighted by Crippen LogP contribution is 2.29. The highest BCUT2D eigenvalue weighted by molar-refractivity contribution is 6.13. The van der Waals surface area contributed by atoms with Crippen LogP contribution in [-0.2, 0) is 6.54 Å². The van der Waals surface area contributed by atoms with Crippen molar-refractivity contribution in [2.45, 2.75) is 13.5 Å². The van der Waals surface area contributed by atoms with E-state index >= 15 is 0 Å². The van der Waals surface area contributed by atoms with Gasteiger partial charge < -0.3 is 5.32 Å². The van der Waals surface area contributed by atoms with E-state index in [0.29, 0.717) is 23.0 Å². The fourth-order valence-electron chi connectivity index (χ4n) is 3.83.